The van der Waals surface area contributed by atoms with E-state index in [-0.39, 0.29) is 23.0 Å². The predicted octanol–water partition coefficient (Wildman–Crippen LogP) is 3.28. The van der Waals surface area contributed by atoms with Crippen molar-refractivity contribution in [1.82, 2.24) is 9.88 Å². The normalized spacial score (nSPS) is 13.5. The van der Waals surface area contributed by atoms with Crippen LogP contribution in [-0.4, -0.2) is 33.4 Å². The van der Waals surface area contributed by atoms with Crippen LogP contribution in [-0.2, 0) is 6.54 Å². The highest BCUT2D eigenvalue weighted by atomic mass is 19.1. The van der Waals surface area contributed by atoms with Crippen molar-refractivity contribution in [3.05, 3.63) is 64.7 Å². The van der Waals surface area contributed by atoms with Gasteiger partial charge in [-0.3, -0.25) is 4.79 Å². The van der Waals surface area contributed by atoms with Crippen LogP contribution < -0.4 is 0 Å². The van der Waals surface area contributed by atoms with Crippen molar-refractivity contribution >= 4 is 11.9 Å². The van der Waals surface area contributed by atoms with Crippen LogP contribution >= 0.6 is 0 Å². The molecule has 130 valence electrons. The topological polar surface area (TPSA) is 70.5 Å². The van der Waals surface area contributed by atoms with Gasteiger partial charge in [0, 0.05) is 13.1 Å². The Hall–Kier alpha value is -2.76. The summed E-state index contributed by atoms with van der Waals surface area (Å²) >= 11 is 0. The molecule has 6 heteroatoms. The largest absolute Gasteiger partial charge is 0.478 e. The number of benzene rings is 1. The lowest BCUT2D eigenvalue weighted by atomic mass is 10.1. The van der Waals surface area contributed by atoms with E-state index >= 15 is 0 Å². The van der Waals surface area contributed by atoms with Crippen molar-refractivity contribution in [2.75, 3.05) is 6.54 Å². The smallest absolute Gasteiger partial charge is 0.337 e. The molecular weight excluding hydrogens is 323 g/mol. The second-order valence-corrected chi connectivity index (χ2v) is 6.39. The molecular formula is C19H19FN2O3. The number of halogens is 1. The monoisotopic (exact) mass is 342 g/mol. The van der Waals surface area contributed by atoms with Gasteiger partial charge in [-0.25, -0.2) is 14.2 Å². The van der Waals surface area contributed by atoms with E-state index in [0.717, 1.165) is 18.4 Å². The minimum atomic E-state index is -1.06. The summed E-state index contributed by atoms with van der Waals surface area (Å²) in [7, 11) is 0. The Morgan fingerprint density at radius 2 is 1.88 bits per heavy atom. The zero-order valence-corrected chi connectivity index (χ0v) is 13.9. The summed E-state index contributed by atoms with van der Waals surface area (Å²) in [5, 5.41) is 9.08. The fourth-order valence-electron chi connectivity index (χ4n) is 2.71. The number of amides is 1. The van der Waals surface area contributed by atoms with Crippen molar-refractivity contribution in [2.24, 2.45) is 5.92 Å². The number of aryl methyl sites for hydroxylation is 1. The van der Waals surface area contributed by atoms with Gasteiger partial charge in [0.2, 0.25) is 0 Å². The molecule has 1 aromatic carbocycles. The first-order chi connectivity index (χ1) is 11.9. The summed E-state index contributed by atoms with van der Waals surface area (Å²) in [5.41, 5.74) is 1.47. The predicted molar refractivity (Wildman–Crippen MR) is 89.8 cm³/mol. The highest BCUT2D eigenvalue weighted by molar-refractivity contribution is 5.94. The molecule has 0 bridgehead atoms. The lowest BCUT2D eigenvalue weighted by Crippen LogP contribution is -2.33. The van der Waals surface area contributed by atoms with E-state index in [4.69, 9.17) is 5.11 Å². The summed E-state index contributed by atoms with van der Waals surface area (Å²) < 4.78 is 13.1. The third-order valence-electron chi connectivity index (χ3n) is 4.28. The highest BCUT2D eigenvalue weighted by Crippen LogP contribution is 2.30. The minimum absolute atomic E-state index is 0.0869. The molecule has 1 fully saturated rings. The molecule has 1 heterocycles. The van der Waals surface area contributed by atoms with Gasteiger partial charge in [0.05, 0.1) is 11.3 Å². The van der Waals surface area contributed by atoms with Crippen LogP contribution in [0.5, 0.6) is 0 Å². The Balaban J connectivity index is 1.82. The Kier molecular flexibility index (Phi) is 4.79. The Morgan fingerprint density at radius 1 is 1.20 bits per heavy atom. The summed E-state index contributed by atoms with van der Waals surface area (Å²) in [6.07, 6.45) is 2.19. The summed E-state index contributed by atoms with van der Waals surface area (Å²) in [6, 6.07) is 8.93. The van der Waals surface area contributed by atoms with Crippen molar-refractivity contribution in [1.29, 1.82) is 0 Å². The van der Waals surface area contributed by atoms with E-state index < -0.39 is 5.97 Å². The molecule has 0 aliphatic heterocycles. The summed E-state index contributed by atoms with van der Waals surface area (Å²) in [4.78, 5) is 29.8. The summed E-state index contributed by atoms with van der Waals surface area (Å²) in [5.74, 6) is -1.13. The summed E-state index contributed by atoms with van der Waals surface area (Å²) in [6.45, 7) is 2.57. The number of rotatable bonds is 6. The van der Waals surface area contributed by atoms with Crippen molar-refractivity contribution in [3.63, 3.8) is 0 Å². The molecule has 1 aliphatic carbocycles. The van der Waals surface area contributed by atoms with Crippen molar-refractivity contribution < 1.29 is 19.1 Å². The maximum absolute atomic E-state index is 13.1. The molecule has 0 radical (unpaired) electrons. The van der Waals surface area contributed by atoms with E-state index in [1.54, 1.807) is 24.0 Å². The molecule has 5 nitrogen and oxygen atoms in total. The van der Waals surface area contributed by atoms with Gasteiger partial charge in [-0.2, -0.15) is 0 Å². The maximum atomic E-state index is 13.1. The molecule has 0 atom stereocenters. The molecule has 1 aliphatic rings. The van der Waals surface area contributed by atoms with Gasteiger partial charge < -0.3 is 10.0 Å². The Labute approximate surface area is 145 Å². The van der Waals surface area contributed by atoms with E-state index in [9.17, 15) is 14.0 Å². The minimum Gasteiger partial charge on any atom is -0.478 e. The average molecular weight is 342 g/mol. The van der Waals surface area contributed by atoms with Gasteiger partial charge in [0.1, 0.15) is 11.5 Å². The fourth-order valence-corrected chi connectivity index (χ4v) is 2.71. The number of carbonyl (C=O) groups is 2. The van der Waals surface area contributed by atoms with Gasteiger partial charge in [0.25, 0.3) is 5.91 Å². The molecule has 1 amide bonds. The first-order valence-electron chi connectivity index (χ1n) is 8.18. The van der Waals surface area contributed by atoms with Crippen LogP contribution in [0.3, 0.4) is 0 Å². The van der Waals surface area contributed by atoms with Gasteiger partial charge in [0.15, 0.2) is 0 Å². The molecule has 25 heavy (non-hydrogen) atoms. The Morgan fingerprint density at radius 3 is 2.44 bits per heavy atom. The standard InChI is InChI=1S/C19H19FN2O3/c1-12-16(19(24)25)8-9-17(21-12)18(23)22(10-13-2-3-13)11-14-4-6-15(20)7-5-14/h4-9,13H,2-3,10-11H2,1H3,(H,24,25). The lowest BCUT2D eigenvalue weighted by molar-refractivity contribution is 0.0689. The van der Waals surface area contributed by atoms with Crippen LogP contribution in [0.2, 0.25) is 0 Å². The van der Waals surface area contributed by atoms with Gasteiger partial charge >= 0.3 is 5.97 Å². The van der Waals surface area contributed by atoms with Crippen molar-refractivity contribution in [3.8, 4) is 0 Å². The number of aromatic carboxylic acids is 1. The number of hydrogen-bond donors (Lipinski definition) is 1. The van der Waals surface area contributed by atoms with Gasteiger partial charge in [-0.05, 0) is 55.5 Å². The SMILES string of the molecule is Cc1nc(C(=O)N(Cc2ccc(F)cc2)CC2CC2)ccc1C(=O)O. The van der Waals surface area contributed by atoms with Crippen LogP contribution in [0, 0.1) is 18.7 Å². The first-order valence-corrected chi connectivity index (χ1v) is 8.18. The van der Waals surface area contributed by atoms with Gasteiger partial charge in [-0.1, -0.05) is 12.1 Å². The Bertz CT molecular complexity index is 801. The van der Waals surface area contributed by atoms with Crippen LogP contribution in [0.4, 0.5) is 4.39 Å². The van der Waals surface area contributed by atoms with E-state index in [0.29, 0.717) is 24.7 Å². The van der Waals surface area contributed by atoms with Crippen LogP contribution in [0.25, 0.3) is 0 Å². The molecule has 1 saturated carbocycles. The molecule has 3 rings (SSSR count). The van der Waals surface area contributed by atoms with Crippen molar-refractivity contribution in [2.45, 2.75) is 26.3 Å². The number of carboxylic acid groups (broad SMARTS) is 1. The number of pyridine rings is 1. The quantitative estimate of drug-likeness (QED) is 0.874. The molecule has 0 saturated heterocycles. The first kappa shape index (κ1) is 17.1. The van der Waals surface area contributed by atoms with E-state index in [1.165, 1.54) is 24.3 Å². The molecule has 0 spiro atoms. The number of carbonyl (C=O) groups excluding carboxylic acids is 1. The van der Waals surface area contributed by atoms with Crippen LogP contribution in [0.15, 0.2) is 36.4 Å². The molecule has 2 aromatic rings. The second kappa shape index (κ2) is 7.01. The molecule has 1 N–H and O–H groups in total. The van der Waals surface area contributed by atoms with E-state index in [2.05, 4.69) is 4.98 Å². The number of carboxylic acids is 1. The third-order valence-corrected chi connectivity index (χ3v) is 4.28. The lowest BCUT2D eigenvalue weighted by Gasteiger charge is -2.23. The maximum Gasteiger partial charge on any atom is 0.337 e. The van der Waals surface area contributed by atoms with Gasteiger partial charge in [-0.15, -0.1) is 0 Å². The number of hydrogen-bond acceptors (Lipinski definition) is 3. The number of nitrogens with zero attached hydrogens (tertiary/aromatic N) is 2. The third kappa shape index (κ3) is 4.21. The average Bonchev–Trinajstić information content (AvgIpc) is 3.39. The molecule has 1 aromatic heterocycles. The highest BCUT2D eigenvalue weighted by Gasteiger charge is 2.28. The molecule has 0 unspecified atom stereocenters. The fraction of sp³-hybridized carbons (Fsp3) is 0.316. The zero-order valence-electron chi connectivity index (χ0n) is 13.9. The number of aromatic nitrogens is 1. The van der Waals surface area contributed by atoms with E-state index in [1.807, 2.05) is 0 Å². The second-order valence-electron chi connectivity index (χ2n) is 6.39. The van der Waals surface area contributed by atoms with Crippen LogP contribution in [0.1, 0.15) is 44.9 Å². The zero-order chi connectivity index (χ0) is 18.0.